The number of carbonyl (C=O) groups excluding carboxylic acids is 1. The number of nitrogens with zero attached hydrogens (tertiary/aromatic N) is 2. The van der Waals surface area contributed by atoms with Gasteiger partial charge in [-0.3, -0.25) is 14.9 Å². The highest BCUT2D eigenvalue weighted by molar-refractivity contribution is 5.95. The van der Waals surface area contributed by atoms with Crippen LogP contribution in [0.25, 0.3) is 10.9 Å². The number of carbonyl (C=O) groups is 1. The molecule has 8 nitrogen and oxygen atoms in total. The third kappa shape index (κ3) is 4.56. The number of nitrogens with one attached hydrogen (secondary N) is 2. The maximum Gasteiger partial charge on any atom is 0.311 e. The number of nitro groups is 1. The van der Waals surface area contributed by atoms with Crippen molar-refractivity contribution in [3.63, 3.8) is 0 Å². The van der Waals surface area contributed by atoms with E-state index in [1.807, 2.05) is 55.5 Å². The normalized spacial score (nSPS) is 11.7. The predicted molar refractivity (Wildman–Crippen MR) is 133 cm³/mol. The second kappa shape index (κ2) is 9.66. The number of hydrogen-bond acceptors (Lipinski definition) is 5. The first-order chi connectivity index (χ1) is 16.4. The number of benzene rings is 3. The largest absolute Gasteiger partial charge is 0.490 e. The Hall–Kier alpha value is -4.33. The van der Waals surface area contributed by atoms with E-state index in [-0.39, 0.29) is 28.8 Å². The number of amides is 1. The monoisotopic (exact) mass is 458 g/mol. The van der Waals surface area contributed by atoms with Crippen LogP contribution in [0.5, 0.6) is 5.75 Å². The fourth-order valence-electron chi connectivity index (χ4n) is 4.07. The highest BCUT2D eigenvalue weighted by Crippen LogP contribution is 2.32. The van der Waals surface area contributed by atoms with E-state index in [4.69, 9.17) is 4.74 Å². The van der Waals surface area contributed by atoms with Crippen molar-refractivity contribution in [3.05, 3.63) is 99.7 Å². The fraction of sp³-hybridized carbons (Fsp3) is 0.192. The highest BCUT2D eigenvalue weighted by atomic mass is 16.6. The van der Waals surface area contributed by atoms with Crippen LogP contribution in [0.2, 0.25) is 0 Å². The average Bonchev–Trinajstić information content (AvgIpc) is 3.28. The zero-order chi connectivity index (χ0) is 24.2. The van der Waals surface area contributed by atoms with Crippen LogP contribution in [0, 0.1) is 10.1 Å². The van der Waals surface area contributed by atoms with Gasteiger partial charge in [-0.25, -0.2) is 0 Å². The zero-order valence-corrected chi connectivity index (χ0v) is 19.2. The maximum absolute atomic E-state index is 12.9. The molecule has 0 aliphatic rings. The van der Waals surface area contributed by atoms with Crippen LogP contribution in [0.1, 0.15) is 27.4 Å². The maximum atomic E-state index is 12.9. The molecule has 3 aromatic carbocycles. The molecule has 4 rings (SSSR count). The second-order valence-electron chi connectivity index (χ2n) is 8.18. The molecule has 4 aromatic rings. The van der Waals surface area contributed by atoms with Crippen molar-refractivity contribution in [1.29, 1.82) is 0 Å². The van der Waals surface area contributed by atoms with E-state index in [0.29, 0.717) is 6.54 Å². The number of nitro benzene ring substituents is 1. The summed E-state index contributed by atoms with van der Waals surface area (Å²) in [5, 5.41) is 15.4. The summed E-state index contributed by atoms with van der Waals surface area (Å²) in [7, 11) is 5.33. The molecule has 0 saturated carbocycles. The summed E-state index contributed by atoms with van der Waals surface area (Å²) in [5.74, 6) is -0.399. The minimum Gasteiger partial charge on any atom is -0.490 e. The molecular weight excluding hydrogens is 432 g/mol. The smallest absolute Gasteiger partial charge is 0.311 e. The van der Waals surface area contributed by atoms with Gasteiger partial charge in [0.2, 0.25) is 0 Å². The number of para-hydroxylation sites is 1. The van der Waals surface area contributed by atoms with Crippen LogP contribution >= 0.6 is 0 Å². The molecule has 34 heavy (non-hydrogen) atoms. The number of ether oxygens (including phenoxy) is 1. The summed E-state index contributed by atoms with van der Waals surface area (Å²) in [4.78, 5) is 29.1. The second-order valence-corrected chi connectivity index (χ2v) is 8.18. The summed E-state index contributed by atoms with van der Waals surface area (Å²) in [5.41, 5.74) is 4.17. The fourth-order valence-corrected chi connectivity index (χ4v) is 4.07. The summed E-state index contributed by atoms with van der Waals surface area (Å²) < 4.78 is 5.03. The Bertz CT molecular complexity index is 1330. The molecule has 0 spiro atoms. The minimum absolute atomic E-state index is 0.110. The Morgan fingerprint density at radius 2 is 1.85 bits per heavy atom. The van der Waals surface area contributed by atoms with Crippen LogP contribution < -0.4 is 15.0 Å². The minimum atomic E-state index is -0.559. The summed E-state index contributed by atoms with van der Waals surface area (Å²) >= 11 is 0. The first-order valence-corrected chi connectivity index (χ1v) is 10.8. The number of rotatable bonds is 8. The number of H-pyrrole nitrogens is 1. The first kappa shape index (κ1) is 22.8. The molecule has 1 atom stereocenters. The quantitative estimate of drug-likeness (QED) is 0.294. The molecule has 8 heteroatoms. The number of aromatic nitrogens is 1. The zero-order valence-electron chi connectivity index (χ0n) is 19.2. The summed E-state index contributed by atoms with van der Waals surface area (Å²) in [6, 6.07) is 20.4. The highest BCUT2D eigenvalue weighted by Gasteiger charge is 2.22. The lowest BCUT2D eigenvalue weighted by atomic mass is 9.90. The van der Waals surface area contributed by atoms with Crippen LogP contribution in [0.3, 0.4) is 0 Å². The van der Waals surface area contributed by atoms with E-state index in [2.05, 4.69) is 28.5 Å². The Balaban J connectivity index is 1.64. The van der Waals surface area contributed by atoms with E-state index < -0.39 is 4.92 Å². The van der Waals surface area contributed by atoms with Gasteiger partial charge in [0.15, 0.2) is 5.75 Å². The molecule has 0 bridgehead atoms. The average molecular weight is 459 g/mol. The molecule has 1 aromatic heterocycles. The van der Waals surface area contributed by atoms with Crippen molar-refractivity contribution in [1.82, 2.24) is 10.3 Å². The molecule has 1 heterocycles. The van der Waals surface area contributed by atoms with Gasteiger partial charge >= 0.3 is 5.69 Å². The van der Waals surface area contributed by atoms with Gasteiger partial charge in [-0.05, 0) is 41.5 Å². The van der Waals surface area contributed by atoms with E-state index in [1.54, 1.807) is 0 Å². The van der Waals surface area contributed by atoms with Gasteiger partial charge in [-0.2, -0.15) is 0 Å². The Kier molecular flexibility index (Phi) is 6.49. The molecule has 2 N–H and O–H groups in total. The molecule has 0 fully saturated rings. The van der Waals surface area contributed by atoms with Crippen LogP contribution in [0.4, 0.5) is 11.4 Å². The van der Waals surface area contributed by atoms with Crippen molar-refractivity contribution in [2.45, 2.75) is 5.92 Å². The Morgan fingerprint density at radius 1 is 1.12 bits per heavy atom. The van der Waals surface area contributed by atoms with Gasteiger partial charge in [-0.15, -0.1) is 0 Å². The molecule has 174 valence electrons. The van der Waals surface area contributed by atoms with Crippen molar-refractivity contribution in [2.24, 2.45) is 0 Å². The number of hydrogen-bond donors (Lipinski definition) is 2. The van der Waals surface area contributed by atoms with Gasteiger partial charge in [0.05, 0.1) is 12.0 Å². The van der Waals surface area contributed by atoms with Gasteiger partial charge in [0.25, 0.3) is 5.91 Å². The van der Waals surface area contributed by atoms with E-state index in [1.165, 1.54) is 25.3 Å². The molecule has 0 unspecified atom stereocenters. The number of aromatic amines is 1. The summed E-state index contributed by atoms with van der Waals surface area (Å²) in [6.45, 7) is 0.321. The van der Waals surface area contributed by atoms with E-state index >= 15 is 0 Å². The Labute approximate surface area is 197 Å². The standard InChI is InChI=1S/C26H26N4O4/c1-29(2)19-11-8-17(9-12-19)21(22-16-27-23-7-5-4-6-20(22)23)15-28-26(31)18-10-13-25(34-3)24(14-18)30(32)33/h4-14,16,21,27H,15H2,1-3H3,(H,28,31)/t21-/m1/s1. The Morgan fingerprint density at radius 3 is 2.53 bits per heavy atom. The topological polar surface area (TPSA) is 100 Å². The summed E-state index contributed by atoms with van der Waals surface area (Å²) in [6.07, 6.45) is 1.97. The number of anilines is 1. The third-order valence-electron chi connectivity index (χ3n) is 5.91. The van der Waals surface area contributed by atoms with Crippen LogP contribution in [-0.2, 0) is 0 Å². The molecule has 1 amide bonds. The van der Waals surface area contributed by atoms with Gasteiger partial charge in [-0.1, -0.05) is 30.3 Å². The van der Waals surface area contributed by atoms with Gasteiger partial charge < -0.3 is 19.9 Å². The lowest BCUT2D eigenvalue weighted by Gasteiger charge is -2.20. The van der Waals surface area contributed by atoms with Crippen LogP contribution in [-0.4, -0.2) is 43.6 Å². The number of fused-ring (bicyclic) bond motifs is 1. The van der Waals surface area contributed by atoms with Gasteiger partial charge in [0.1, 0.15) is 0 Å². The van der Waals surface area contributed by atoms with Crippen LogP contribution in [0.15, 0.2) is 72.9 Å². The lowest BCUT2D eigenvalue weighted by Crippen LogP contribution is -2.29. The van der Waals surface area contributed by atoms with Gasteiger partial charge in [0, 0.05) is 61.0 Å². The molecule has 0 aliphatic heterocycles. The molecular formula is C26H26N4O4. The lowest BCUT2D eigenvalue weighted by molar-refractivity contribution is -0.385. The van der Waals surface area contributed by atoms with E-state index in [0.717, 1.165) is 27.7 Å². The molecule has 0 radical (unpaired) electrons. The van der Waals surface area contributed by atoms with Crippen molar-refractivity contribution in [3.8, 4) is 5.75 Å². The van der Waals surface area contributed by atoms with Crippen molar-refractivity contribution >= 4 is 28.2 Å². The predicted octanol–water partition coefficient (Wildman–Crippen LogP) is 4.71. The van der Waals surface area contributed by atoms with Crippen molar-refractivity contribution < 1.29 is 14.5 Å². The van der Waals surface area contributed by atoms with Crippen molar-refractivity contribution in [2.75, 3.05) is 32.6 Å². The molecule has 0 aliphatic carbocycles. The number of methoxy groups -OCH3 is 1. The van der Waals surface area contributed by atoms with E-state index in [9.17, 15) is 14.9 Å². The first-order valence-electron chi connectivity index (χ1n) is 10.8. The third-order valence-corrected chi connectivity index (χ3v) is 5.91. The SMILES string of the molecule is COc1ccc(C(=O)NC[C@H](c2ccc(N(C)C)cc2)c2c[nH]c3ccccc23)cc1[N+](=O)[O-]. The molecule has 0 saturated heterocycles.